The average Bonchev–Trinajstić information content (AvgIpc) is 2.49. The maximum absolute atomic E-state index is 9.34. The molecule has 0 radical (unpaired) electrons. The molecule has 1 N–H and O–H groups in total. The van der Waals surface area contributed by atoms with Crippen LogP contribution in [0.15, 0.2) is 52.3 Å². The van der Waals surface area contributed by atoms with Crippen LogP contribution in [0.2, 0.25) is 5.02 Å². The third kappa shape index (κ3) is 4.78. The van der Waals surface area contributed by atoms with Crippen molar-refractivity contribution in [2.45, 2.75) is 29.7 Å². The van der Waals surface area contributed by atoms with Gasteiger partial charge >= 0.3 is 0 Å². The Morgan fingerprint density at radius 2 is 2.10 bits per heavy atom. The first-order valence-corrected chi connectivity index (χ1v) is 8.09. The predicted octanol–water partition coefficient (Wildman–Crippen LogP) is 4.86. The van der Waals surface area contributed by atoms with Crippen LogP contribution in [-0.2, 0) is 6.54 Å². The molecule has 2 aromatic rings. The molecule has 0 aromatic heterocycles. The lowest BCUT2D eigenvalue weighted by Crippen LogP contribution is -2.13. The van der Waals surface area contributed by atoms with E-state index in [1.165, 1.54) is 0 Å². The maximum atomic E-state index is 9.34. The molecule has 0 heterocycles. The molecule has 0 saturated heterocycles. The van der Waals surface area contributed by atoms with Crippen LogP contribution in [-0.4, -0.2) is 6.54 Å². The highest BCUT2D eigenvalue weighted by Gasteiger charge is 2.06. The number of nitrogens with one attached hydrogen (secondary N) is 1. The van der Waals surface area contributed by atoms with E-state index in [0.717, 1.165) is 34.9 Å². The molecule has 0 amide bonds. The molecule has 108 valence electrons. The van der Waals surface area contributed by atoms with E-state index in [-0.39, 0.29) is 0 Å². The summed E-state index contributed by atoms with van der Waals surface area (Å²) in [5.41, 5.74) is 1.84. The van der Waals surface area contributed by atoms with Crippen molar-refractivity contribution in [1.29, 1.82) is 5.26 Å². The van der Waals surface area contributed by atoms with Gasteiger partial charge in [-0.2, -0.15) is 5.26 Å². The van der Waals surface area contributed by atoms with E-state index < -0.39 is 0 Å². The third-order valence-electron chi connectivity index (χ3n) is 2.94. The Morgan fingerprint density at radius 1 is 1.24 bits per heavy atom. The normalized spacial score (nSPS) is 10.3. The lowest BCUT2D eigenvalue weighted by Gasteiger charge is -2.08. The second kappa shape index (κ2) is 8.09. The van der Waals surface area contributed by atoms with Crippen LogP contribution >= 0.6 is 23.4 Å². The monoisotopic (exact) mass is 316 g/mol. The van der Waals surface area contributed by atoms with Crippen molar-refractivity contribution < 1.29 is 0 Å². The molecule has 2 nitrogen and oxygen atoms in total. The molecule has 0 atom stereocenters. The van der Waals surface area contributed by atoms with Gasteiger partial charge in [0.15, 0.2) is 0 Å². The fraction of sp³-hybridized carbons (Fsp3) is 0.235. The molecule has 0 saturated carbocycles. The number of hydrogen-bond acceptors (Lipinski definition) is 3. The van der Waals surface area contributed by atoms with Gasteiger partial charge < -0.3 is 5.32 Å². The number of hydrogen-bond donors (Lipinski definition) is 1. The van der Waals surface area contributed by atoms with E-state index in [9.17, 15) is 5.26 Å². The van der Waals surface area contributed by atoms with E-state index in [0.29, 0.717) is 10.6 Å². The Bertz CT molecular complexity index is 649. The van der Waals surface area contributed by atoms with Crippen molar-refractivity contribution in [3.05, 3.63) is 58.6 Å². The Kier molecular flexibility index (Phi) is 6.13. The molecule has 0 bridgehead atoms. The summed E-state index contributed by atoms with van der Waals surface area (Å²) in [4.78, 5) is 2.00. The van der Waals surface area contributed by atoms with Gasteiger partial charge in [-0.05, 0) is 48.9 Å². The van der Waals surface area contributed by atoms with Gasteiger partial charge in [-0.1, -0.05) is 42.4 Å². The first-order valence-electron chi connectivity index (χ1n) is 6.90. The lowest BCUT2D eigenvalue weighted by atomic mass is 10.1. The van der Waals surface area contributed by atoms with Gasteiger partial charge in [0.25, 0.3) is 0 Å². The molecule has 0 aliphatic heterocycles. The first-order chi connectivity index (χ1) is 10.2. The number of halogens is 1. The summed E-state index contributed by atoms with van der Waals surface area (Å²) in [6.45, 7) is 3.92. The molecule has 0 aliphatic rings. The average molecular weight is 317 g/mol. The Morgan fingerprint density at radius 3 is 2.81 bits per heavy atom. The van der Waals surface area contributed by atoms with Gasteiger partial charge in [-0.25, -0.2) is 0 Å². The Labute approximate surface area is 135 Å². The fourth-order valence-electron chi connectivity index (χ4n) is 1.93. The van der Waals surface area contributed by atoms with Crippen molar-refractivity contribution in [2.75, 3.05) is 6.54 Å². The minimum atomic E-state index is 0.704. The molecule has 0 aliphatic carbocycles. The zero-order valence-corrected chi connectivity index (χ0v) is 13.5. The minimum Gasteiger partial charge on any atom is -0.313 e. The van der Waals surface area contributed by atoms with Crippen LogP contribution in [0.5, 0.6) is 0 Å². The first kappa shape index (κ1) is 15.9. The van der Waals surface area contributed by atoms with Gasteiger partial charge in [0.1, 0.15) is 6.07 Å². The Balaban J connectivity index is 2.15. The third-order valence-corrected chi connectivity index (χ3v) is 4.24. The molecular weight excluding hydrogens is 300 g/mol. The van der Waals surface area contributed by atoms with Crippen molar-refractivity contribution in [2.24, 2.45) is 0 Å². The van der Waals surface area contributed by atoms with E-state index in [1.54, 1.807) is 11.8 Å². The highest BCUT2D eigenvalue weighted by Crippen LogP contribution is 2.32. The van der Waals surface area contributed by atoms with Crippen molar-refractivity contribution in [1.82, 2.24) is 5.32 Å². The largest absolute Gasteiger partial charge is 0.313 e. The van der Waals surface area contributed by atoms with E-state index in [1.807, 2.05) is 36.4 Å². The summed E-state index contributed by atoms with van der Waals surface area (Å²) in [6, 6.07) is 16.0. The molecule has 21 heavy (non-hydrogen) atoms. The van der Waals surface area contributed by atoms with Crippen LogP contribution in [0, 0.1) is 11.3 Å². The quantitative estimate of drug-likeness (QED) is 0.773. The van der Waals surface area contributed by atoms with Crippen molar-refractivity contribution >= 4 is 23.4 Å². The molecule has 0 spiro atoms. The molecule has 2 rings (SSSR count). The lowest BCUT2D eigenvalue weighted by molar-refractivity contribution is 0.675. The second-order valence-electron chi connectivity index (χ2n) is 4.68. The van der Waals surface area contributed by atoms with E-state index in [2.05, 4.69) is 24.4 Å². The van der Waals surface area contributed by atoms with Gasteiger partial charge in [-0.3, -0.25) is 0 Å². The zero-order valence-electron chi connectivity index (χ0n) is 11.9. The molecular formula is C17H17ClN2S. The predicted molar refractivity (Wildman–Crippen MR) is 88.7 cm³/mol. The Hall–Kier alpha value is -1.47. The summed E-state index contributed by atoms with van der Waals surface area (Å²) >= 11 is 7.56. The fourth-order valence-corrected chi connectivity index (χ4v) is 3.12. The molecule has 4 heteroatoms. The highest BCUT2D eigenvalue weighted by molar-refractivity contribution is 7.99. The van der Waals surface area contributed by atoms with Crippen LogP contribution < -0.4 is 5.32 Å². The van der Waals surface area contributed by atoms with E-state index >= 15 is 0 Å². The molecule has 0 unspecified atom stereocenters. The summed E-state index contributed by atoms with van der Waals surface area (Å²) in [5, 5.41) is 13.4. The summed E-state index contributed by atoms with van der Waals surface area (Å²) < 4.78 is 0. The number of rotatable bonds is 6. The number of nitriles is 1. The van der Waals surface area contributed by atoms with Gasteiger partial charge in [0, 0.05) is 21.4 Å². The van der Waals surface area contributed by atoms with Crippen LogP contribution in [0.1, 0.15) is 24.5 Å². The second-order valence-corrected chi connectivity index (χ2v) is 6.23. The minimum absolute atomic E-state index is 0.704. The van der Waals surface area contributed by atoms with Crippen molar-refractivity contribution in [3.8, 4) is 6.07 Å². The topological polar surface area (TPSA) is 35.8 Å². The van der Waals surface area contributed by atoms with Crippen molar-refractivity contribution in [3.63, 3.8) is 0 Å². The number of nitrogens with zero attached hydrogens (tertiary/aromatic N) is 1. The zero-order chi connectivity index (χ0) is 15.1. The van der Waals surface area contributed by atoms with Gasteiger partial charge in [0.2, 0.25) is 0 Å². The molecule has 2 aromatic carbocycles. The smallest absolute Gasteiger partial charge is 0.100 e. The summed E-state index contributed by atoms with van der Waals surface area (Å²) in [6.07, 6.45) is 1.10. The van der Waals surface area contributed by atoms with Crippen LogP contribution in [0.25, 0.3) is 0 Å². The van der Waals surface area contributed by atoms with Crippen LogP contribution in [0.3, 0.4) is 0 Å². The summed E-state index contributed by atoms with van der Waals surface area (Å²) in [5.74, 6) is 0. The van der Waals surface area contributed by atoms with E-state index in [4.69, 9.17) is 11.6 Å². The SMILES string of the molecule is CCCNCc1ccc(Sc2cccc(Cl)c2)c(C#N)c1. The highest BCUT2D eigenvalue weighted by atomic mass is 35.5. The number of benzene rings is 2. The summed E-state index contributed by atoms with van der Waals surface area (Å²) in [7, 11) is 0. The van der Waals surface area contributed by atoms with Gasteiger partial charge in [-0.15, -0.1) is 0 Å². The standard InChI is InChI=1S/C17H17ClN2S/c1-2-8-20-12-13-6-7-17(14(9-13)11-19)21-16-5-3-4-15(18)10-16/h3-7,9-10,20H,2,8,12H2,1H3. The van der Waals surface area contributed by atoms with Gasteiger partial charge in [0.05, 0.1) is 5.56 Å². The molecule has 0 fully saturated rings. The maximum Gasteiger partial charge on any atom is 0.100 e. The van der Waals surface area contributed by atoms with Crippen LogP contribution in [0.4, 0.5) is 0 Å².